The third kappa shape index (κ3) is 6.29. The highest BCUT2D eigenvalue weighted by Gasteiger charge is 2.22. The normalized spacial score (nSPS) is 12.2. The van der Waals surface area contributed by atoms with Crippen LogP contribution in [0.25, 0.3) is 0 Å². The third-order valence-electron chi connectivity index (χ3n) is 5.34. The molecule has 0 saturated heterocycles. The monoisotopic (exact) mass is 450 g/mol. The highest BCUT2D eigenvalue weighted by Crippen LogP contribution is 2.28. The predicted molar refractivity (Wildman–Crippen MR) is 127 cm³/mol. The van der Waals surface area contributed by atoms with Crippen molar-refractivity contribution in [3.63, 3.8) is 0 Å². The molecule has 0 aliphatic rings. The molecular formula is C25H30N4O4. The number of aliphatic hydroxyl groups excluding tert-OH is 1. The van der Waals surface area contributed by atoms with Gasteiger partial charge in [-0.15, -0.1) is 0 Å². The molecule has 0 bridgehead atoms. The van der Waals surface area contributed by atoms with Gasteiger partial charge in [0.1, 0.15) is 17.7 Å². The Morgan fingerprint density at radius 1 is 1.00 bits per heavy atom. The zero-order valence-electron chi connectivity index (χ0n) is 19.1. The number of aromatic hydroxyl groups is 2. The maximum Gasteiger partial charge on any atom is 0.262 e. The van der Waals surface area contributed by atoms with Crippen molar-refractivity contribution in [3.05, 3.63) is 83.7 Å². The van der Waals surface area contributed by atoms with Gasteiger partial charge < -0.3 is 25.1 Å². The fourth-order valence-corrected chi connectivity index (χ4v) is 3.36. The molecule has 3 N–H and O–H groups in total. The number of pyridine rings is 1. The summed E-state index contributed by atoms with van der Waals surface area (Å²) in [6, 6.07) is 14.6. The number of hydrogen-bond acceptors (Lipinski definition) is 7. The van der Waals surface area contributed by atoms with Crippen LogP contribution in [0.2, 0.25) is 0 Å². The number of nitrogens with zero attached hydrogens (tertiary/aromatic N) is 4. The molecule has 2 aromatic carbocycles. The van der Waals surface area contributed by atoms with Crippen molar-refractivity contribution in [1.29, 1.82) is 0 Å². The molecule has 1 heterocycles. The molecule has 1 amide bonds. The first-order chi connectivity index (χ1) is 15.8. The van der Waals surface area contributed by atoms with E-state index in [2.05, 4.69) is 4.98 Å². The molecule has 0 fully saturated rings. The topological polar surface area (TPSA) is 100 Å². The number of aromatic nitrogens is 1. The van der Waals surface area contributed by atoms with Gasteiger partial charge in [0.2, 0.25) is 0 Å². The summed E-state index contributed by atoms with van der Waals surface area (Å²) in [4.78, 5) is 22.9. The van der Waals surface area contributed by atoms with Crippen molar-refractivity contribution in [2.75, 3.05) is 39.1 Å². The van der Waals surface area contributed by atoms with Crippen molar-refractivity contribution in [1.82, 2.24) is 14.8 Å². The van der Waals surface area contributed by atoms with Crippen molar-refractivity contribution in [3.8, 4) is 11.5 Å². The van der Waals surface area contributed by atoms with Gasteiger partial charge in [-0.05, 0) is 62.6 Å². The molecule has 0 aliphatic heterocycles. The van der Waals surface area contributed by atoms with Crippen molar-refractivity contribution >= 4 is 11.6 Å². The third-order valence-corrected chi connectivity index (χ3v) is 5.34. The maximum absolute atomic E-state index is 13.4. The minimum atomic E-state index is -0.775. The van der Waals surface area contributed by atoms with E-state index in [-0.39, 0.29) is 23.6 Å². The quantitative estimate of drug-likeness (QED) is 0.431. The van der Waals surface area contributed by atoms with Crippen molar-refractivity contribution < 1.29 is 20.1 Å². The van der Waals surface area contributed by atoms with Gasteiger partial charge in [0, 0.05) is 37.2 Å². The fourth-order valence-electron chi connectivity index (χ4n) is 3.36. The summed E-state index contributed by atoms with van der Waals surface area (Å²) in [5.74, 6) is -0.849. The molecule has 8 nitrogen and oxygen atoms in total. The number of benzene rings is 2. The summed E-state index contributed by atoms with van der Waals surface area (Å²) in [6.45, 7) is 1.74. The van der Waals surface area contributed by atoms with Crippen LogP contribution < -0.4 is 4.90 Å². The molecular weight excluding hydrogens is 420 g/mol. The van der Waals surface area contributed by atoms with Gasteiger partial charge in [-0.1, -0.05) is 18.2 Å². The minimum Gasteiger partial charge on any atom is -0.508 e. The number of phenolic OH excluding ortho intramolecular Hbond substituents is 2. The summed E-state index contributed by atoms with van der Waals surface area (Å²) < 4.78 is 0. The van der Waals surface area contributed by atoms with E-state index in [1.165, 1.54) is 17.0 Å². The summed E-state index contributed by atoms with van der Waals surface area (Å²) in [6.07, 6.45) is 2.56. The zero-order valence-corrected chi connectivity index (χ0v) is 19.1. The number of rotatable bonds is 9. The number of likely N-dealkylation sites (N-methyl/N-ethyl adjacent to an activating group) is 2. The van der Waals surface area contributed by atoms with E-state index in [4.69, 9.17) is 0 Å². The lowest BCUT2D eigenvalue weighted by molar-refractivity contribution is 0.0175. The maximum atomic E-state index is 13.4. The van der Waals surface area contributed by atoms with Crippen molar-refractivity contribution in [2.45, 2.75) is 12.8 Å². The predicted octanol–water partition coefficient (Wildman–Crippen LogP) is 2.82. The van der Waals surface area contributed by atoms with Crippen LogP contribution in [0, 0.1) is 0 Å². The Morgan fingerprint density at radius 3 is 2.33 bits per heavy atom. The molecule has 0 radical (unpaired) electrons. The zero-order chi connectivity index (χ0) is 24.0. The Labute approximate surface area is 194 Å². The first-order valence-electron chi connectivity index (χ1n) is 10.6. The Balaban J connectivity index is 1.88. The lowest BCUT2D eigenvalue weighted by atomic mass is 10.1. The number of carbonyl (C=O) groups is 1. The van der Waals surface area contributed by atoms with Crippen LogP contribution in [0.4, 0.5) is 5.69 Å². The Morgan fingerprint density at radius 2 is 1.73 bits per heavy atom. The van der Waals surface area contributed by atoms with Crippen molar-refractivity contribution in [2.24, 2.45) is 0 Å². The number of carbonyl (C=O) groups excluding carboxylic acids is 1. The molecule has 1 aromatic heterocycles. The second-order valence-corrected chi connectivity index (χ2v) is 8.20. The lowest BCUT2D eigenvalue weighted by Crippen LogP contribution is -2.32. The second-order valence-electron chi connectivity index (χ2n) is 8.20. The number of amides is 1. The largest absolute Gasteiger partial charge is 0.508 e. The minimum absolute atomic E-state index is 0.0734. The van der Waals surface area contributed by atoms with E-state index in [0.717, 1.165) is 18.2 Å². The standard InChI is InChI=1S/C25H30N4O4/c1-27(2)13-14-28(3)24(32)19-6-8-20(9-7-19)29(17-18-5-4-12-26-16-18)25(33)22-11-10-21(30)15-23(22)31/h4-12,15-16,24,30-32H,13-14,17H2,1-3H3. The Bertz CT molecular complexity index is 1060. The first kappa shape index (κ1) is 24.2. The summed E-state index contributed by atoms with van der Waals surface area (Å²) in [5.41, 5.74) is 2.20. The fraction of sp³-hybridized carbons (Fsp3) is 0.280. The van der Waals surface area contributed by atoms with E-state index in [9.17, 15) is 20.1 Å². The second kappa shape index (κ2) is 10.9. The van der Waals surface area contributed by atoms with Gasteiger partial charge >= 0.3 is 0 Å². The van der Waals surface area contributed by atoms with Gasteiger partial charge in [-0.2, -0.15) is 0 Å². The lowest BCUT2D eigenvalue weighted by Gasteiger charge is -2.27. The molecule has 174 valence electrons. The molecule has 1 atom stereocenters. The molecule has 0 spiro atoms. The van der Waals surface area contributed by atoms with Crippen LogP contribution in [0.15, 0.2) is 67.0 Å². The highest BCUT2D eigenvalue weighted by molar-refractivity contribution is 6.07. The number of hydrogen-bond donors (Lipinski definition) is 3. The molecule has 0 aliphatic carbocycles. The molecule has 3 rings (SSSR count). The molecule has 33 heavy (non-hydrogen) atoms. The van der Waals surface area contributed by atoms with Gasteiger partial charge in [0.25, 0.3) is 5.91 Å². The van der Waals surface area contributed by atoms with Crippen LogP contribution in [0.1, 0.15) is 27.7 Å². The van der Waals surface area contributed by atoms with Gasteiger partial charge in [-0.3, -0.25) is 14.7 Å². The summed E-state index contributed by atoms with van der Waals surface area (Å²) >= 11 is 0. The SMILES string of the molecule is CN(C)CCN(C)C(O)c1ccc(N(Cc2cccnc2)C(=O)c2ccc(O)cc2O)cc1. The van der Waals surface area contributed by atoms with E-state index in [1.54, 1.807) is 42.7 Å². The number of aliphatic hydroxyl groups is 1. The van der Waals surface area contributed by atoms with Crippen LogP contribution in [-0.2, 0) is 6.54 Å². The Kier molecular flexibility index (Phi) is 8.00. The van der Waals surface area contributed by atoms with E-state index in [1.807, 2.05) is 37.0 Å². The van der Waals surface area contributed by atoms with Gasteiger partial charge in [0.05, 0.1) is 12.1 Å². The average Bonchev–Trinajstić information content (AvgIpc) is 2.81. The smallest absolute Gasteiger partial charge is 0.262 e. The van der Waals surface area contributed by atoms with Gasteiger partial charge in [-0.25, -0.2) is 0 Å². The molecule has 8 heteroatoms. The molecule has 3 aromatic rings. The summed E-state index contributed by atoms with van der Waals surface area (Å²) in [7, 11) is 5.82. The van der Waals surface area contributed by atoms with E-state index in [0.29, 0.717) is 17.8 Å². The van der Waals surface area contributed by atoms with Crippen LogP contribution >= 0.6 is 0 Å². The van der Waals surface area contributed by atoms with Crippen LogP contribution in [0.5, 0.6) is 11.5 Å². The number of phenols is 2. The Hall–Kier alpha value is -3.46. The van der Waals surface area contributed by atoms with Crippen LogP contribution in [0.3, 0.4) is 0 Å². The van der Waals surface area contributed by atoms with E-state index >= 15 is 0 Å². The molecule has 1 unspecified atom stereocenters. The number of anilines is 1. The average molecular weight is 451 g/mol. The summed E-state index contributed by atoms with van der Waals surface area (Å²) in [5, 5.41) is 30.5. The first-order valence-corrected chi connectivity index (χ1v) is 10.6. The van der Waals surface area contributed by atoms with E-state index < -0.39 is 12.1 Å². The van der Waals surface area contributed by atoms with Crippen LogP contribution in [-0.4, -0.2) is 70.2 Å². The highest BCUT2D eigenvalue weighted by atomic mass is 16.3. The van der Waals surface area contributed by atoms with Gasteiger partial charge in [0.15, 0.2) is 0 Å². The molecule has 0 saturated carbocycles.